The number of fused-ring (bicyclic) bond motifs is 8. The molecule has 3 aromatic heterocycles. The number of aromatic nitrogens is 4. The zero-order valence-corrected chi connectivity index (χ0v) is 36.6. The second kappa shape index (κ2) is 14.2. The number of benzene rings is 6. The van der Waals surface area contributed by atoms with E-state index in [1.165, 1.54) is 0 Å². The van der Waals surface area contributed by atoms with E-state index in [0.717, 1.165) is 84.2 Å². The number of rotatable bonds is 4. The van der Waals surface area contributed by atoms with Crippen LogP contribution in [0.1, 0.15) is 0 Å². The van der Waals surface area contributed by atoms with Crippen LogP contribution in [0.4, 0.5) is 0 Å². The SMILES string of the molecule is C[n+]1[c-]n(-c2[c-]c3c(cc2)Oc2cccc4c2B3c2[c-]c(-c3[c-]oc(-c5[c-]c6c(cc5)Oc5cccc7c5B6c5[c-]c(-n6[c-][n+](C)cc6)ccc5O7)[c-]3)ccc2O4)cc1.[Pt+4].[Pt+4]. The molecule has 9 nitrogen and oxygen atoms in total. The normalized spacial score (nSPS) is 13.0. The van der Waals surface area contributed by atoms with Crippen molar-refractivity contribution in [2.75, 3.05) is 0 Å². The number of ether oxygens (including phenoxy) is 4. The minimum atomic E-state index is -0.254. The van der Waals surface area contributed by atoms with Gasteiger partial charge in [-0.15, -0.1) is 70.1 Å². The van der Waals surface area contributed by atoms with E-state index in [9.17, 15) is 0 Å². The van der Waals surface area contributed by atoms with E-state index in [2.05, 4.69) is 49.2 Å². The van der Waals surface area contributed by atoms with Gasteiger partial charge in [0.2, 0.25) is 26.1 Å². The van der Waals surface area contributed by atoms with Crippen LogP contribution in [0.25, 0.3) is 33.8 Å². The Balaban J connectivity index is 0.00000210. The first-order chi connectivity index (χ1) is 29.0. The minimum absolute atomic E-state index is 0. The Kier molecular flexibility index (Phi) is 8.75. The van der Waals surface area contributed by atoms with Crippen molar-refractivity contribution < 1.29 is 74.6 Å². The summed E-state index contributed by atoms with van der Waals surface area (Å²) in [5, 5.41) is 0. The molecule has 4 aliphatic heterocycles. The van der Waals surface area contributed by atoms with Crippen molar-refractivity contribution >= 4 is 46.2 Å². The van der Waals surface area contributed by atoms with Crippen molar-refractivity contribution in [3.63, 3.8) is 0 Å². The Morgan fingerprint density at radius 3 is 1.36 bits per heavy atom. The molecule has 6 aromatic carbocycles. The van der Waals surface area contributed by atoms with Gasteiger partial charge < -0.3 is 58.8 Å². The van der Waals surface area contributed by atoms with Gasteiger partial charge in [-0.05, 0) is 24.3 Å². The maximum atomic E-state index is 6.48. The molecule has 0 aliphatic carbocycles. The van der Waals surface area contributed by atoms with Crippen LogP contribution in [-0.2, 0) is 56.2 Å². The van der Waals surface area contributed by atoms with E-state index in [0.29, 0.717) is 28.4 Å². The van der Waals surface area contributed by atoms with Gasteiger partial charge in [0.15, 0.2) is 0 Å². The largest absolute Gasteiger partial charge is 4.00 e. The van der Waals surface area contributed by atoms with Gasteiger partial charge in [-0.1, -0.05) is 29.3 Å². The van der Waals surface area contributed by atoms with Crippen molar-refractivity contribution in [2.45, 2.75) is 0 Å². The topological polar surface area (TPSA) is 67.7 Å². The Hall–Kier alpha value is -6.27. The van der Waals surface area contributed by atoms with Gasteiger partial charge in [-0.3, -0.25) is 0 Å². The second-order valence-corrected chi connectivity index (χ2v) is 14.9. The smallest absolute Gasteiger partial charge is 0.631 e. The maximum Gasteiger partial charge on any atom is 4.00 e. The van der Waals surface area contributed by atoms with Crippen molar-refractivity contribution in [1.29, 1.82) is 0 Å². The fraction of sp³-hybridized carbons (Fsp3) is 0.0417. The Morgan fingerprint density at radius 2 is 0.902 bits per heavy atom. The average molecular weight is 1150 g/mol. The van der Waals surface area contributed by atoms with Crippen LogP contribution in [0.2, 0.25) is 0 Å². The van der Waals surface area contributed by atoms with Gasteiger partial charge in [-0.2, -0.15) is 24.3 Å². The van der Waals surface area contributed by atoms with E-state index in [1.54, 1.807) is 0 Å². The Bertz CT molecular complexity index is 3030. The zero-order valence-electron chi connectivity index (χ0n) is 32.0. The summed E-state index contributed by atoms with van der Waals surface area (Å²) in [5.41, 5.74) is 9.14. The number of imidazole rings is 2. The summed E-state index contributed by atoms with van der Waals surface area (Å²) in [7, 11) is 3.88. The van der Waals surface area contributed by atoms with E-state index < -0.39 is 0 Å². The number of furan rings is 1. The molecular weight excluding hydrogens is 1120 g/mol. The Morgan fingerprint density at radius 1 is 0.475 bits per heavy atom. The third-order valence-corrected chi connectivity index (χ3v) is 11.3. The number of hydrogen-bond acceptors (Lipinski definition) is 5. The van der Waals surface area contributed by atoms with Crippen LogP contribution in [-0.4, -0.2) is 22.6 Å². The summed E-state index contributed by atoms with van der Waals surface area (Å²) in [5.74, 6) is 6.33. The van der Waals surface area contributed by atoms with Crippen LogP contribution < -0.4 is 60.9 Å². The minimum Gasteiger partial charge on any atom is -0.631 e. The van der Waals surface area contributed by atoms with Crippen LogP contribution in [0, 0.1) is 49.2 Å². The molecule has 9 aromatic rings. The molecule has 0 unspecified atom stereocenters. The molecule has 0 bridgehead atoms. The molecule has 0 saturated heterocycles. The Labute approximate surface area is 380 Å². The molecule has 0 fully saturated rings. The molecule has 0 atom stereocenters. The van der Waals surface area contributed by atoms with E-state index in [4.69, 9.17) is 23.4 Å². The molecule has 0 N–H and O–H groups in total. The quantitative estimate of drug-likeness (QED) is 0.153. The van der Waals surface area contributed by atoms with Crippen molar-refractivity contribution in [1.82, 2.24) is 9.13 Å². The molecular formula is C48H24B2N4O5Pt2+2. The van der Waals surface area contributed by atoms with Crippen molar-refractivity contribution in [3.8, 4) is 79.8 Å². The number of hydrogen-bond donors (Lipinski definition) is 0. The van der Waals surface area contributed by atoms with Gasteiger partial charge in [0, 0.05) is 58.7 Å². The number of nitrogens with zero attached hydrogens (tertiary/aromatic N) is 4. The monoisotopic (exact) mass is 1150 g/mol. The van der Waals surface area contributed by atoms with Crippen molar-refractivity contribution in [3.05, 3.63) is 159 Å². The molecule has 0 amide bonds. The molecule has 13 rings (SSSR count). The van der Waals surface area contributed by atoms with Crippen LogP contribution in [0.5, 0.6) is 46.0 Å². The van der Waals surface area contributed by atoms with Crippen LogP contribution in [0.15, 0.2) is 114 Å². The summed E-state index contributed by atoms with van der Waals surface area (Å²) in [6.45, 7) is -0.500. The molecule has 0 saturated carbocycles. The van der Waals surface area contributed by atoms with Gasteiger partial charge in [-0.25, -0.2) is 12.1 Å². The predicted molar refractivity (Wildman–Crippen MR) is 217 cm³/mol. The summed E-state index contributed by atoms with van der Waals surface area (Å²) >= 11 is 0. The third kappa shape index (κ3) is 5.85. The predicted octanol–water partition coefficient (Wildman–Crippen LogP) is 3.70. The maximum absolute atomic E-state index is 6.48. The first-order valence-corrected chi connectivity index (χ1v) is 19.1. The van der Waals surface area contributed by atoms with Gasteiger partial charge in [0.1, 0.15) is 23.0 Å². The molecule has 7 heterocycles. The molecule has 0 radical (unpaired) electrons. The first-order valence-electron chi connectivity index (χ1n) is 19.1. The fourth-order valence-corrected chi connectivity index (χ4v) is 8.64. The van der Waals surface area contributed by atoms with Crippen LogP contribution >= 0.6 is 0 Å². The van der Waals surface area contributed by atoms with E-state index in [1.807, 2.05) is 142 Å². The van der Waals surface area contributed by atoms with Gasteiger partial charge in [0.05, 0.1) is 14.1 Å². The van der Waals surface area contributed by atoms with Gasteiger partial charge in [0.25, 0.3) is 0 Å². The van der Waals surface area contributed by atoms with E-state index >= 15 is 0 Å². The summed E-state index contributed by atoms with van der Waals surface area (Å²) < 4.78 is 39.5. The molecule has 4 aliphatic rings. The van der Waals surface area contributed by atoms with Gasteiger partial charge >= 0.3 is 42.1 Å². The fourth-order valence-electron chi connectivity index (χ4n) is 8.64. The summed E-state index contributed by atoms with van der Waals surface area (Å²) in [6.07, 6.45) is 17.5. The zero-order chi connectivity index (χ0) is 38.9. The average Bonchev–Trinajstić information content (AvgIpc) is 4.05. The first kappa shape index (κ1) is 37.7. The van der Waals surface area contributed by atoms with Crippen LogP contribution in [0.3, 0.4) is 0 Å². The summed E-state index contributed by atoms with van der Waals surface area (Å²) in [4.78, 5) is 0. The second-order valence-electron chi connectivity index (χ2n) is 14.9. The molecule has 0 spiro atoms. The van der Waals surface area contributed by atoms with E-state index in [-0.39, 0.29) is 55.6 Å². The molecule has 13 heteroatoms. The number of aryl methyl sites for hydroxylation is 2. The molecule has 290 valence electrons. The van der Waals surface area contributed by atoms with Crippen molar-refractivity contribution in [2.24, 2.45) is 14.1 Å². The standard InChI is InChI=1S/C48H24B2N4O5.2Pt/c1-51-17-19-53(27-51)32-11-15-40-36(24-32)49-34-21-29(9-13-38(34)56-42-5-3-7-44(58-40)47(42)49)31-23-46(55-26-31)30-10-14-39-35(22-30)50-37-25-33(54-20-18-52(2)28-54)12-16-41(37)59-45-8-4-6-43(57-39)48(45)50;;/h3-20H,1-2H3;;/q-6;2*+4. The summed E-state index contributed by atoms with van der Waals surface area (Å²) in [6, 6.07) is 45.7. The third-order valence-electron chi connectivity index (χ3n) is 11.3. The molecule has 61 heavy (non-hydrogen) atoms.